The predicted octanol–water partition coefficient (Wildman–Crippen LogP) is 5.60. The first-order valence-corrected chi connectivity index (χ1v) is 7.26. The van der Waals surface area contributed by atoms with Crippen molar-refractivity contribution in [2.75, 3.05) is 5.32 Å². The molecule has 0 saturated carbocycles. The summed E-state index contributed by atoms with van der Waals surface area (Å²) in [4.78, 5) is 0. The van der Waals surface area contributed by atoms with Gasteiger partial charge in [-0.15, -0.1) is 0 Å². The van der Waals surface area contributed by atoms with E-state index in [1.54, 1.807) is 18.2 Å². The van der Waals surface area contributed by atoms with Gasteiger partial charge in [-0.25, -0.2) is 4.39 Å². The Morgan fingerprint density at radius 3 is 2.50 bits per heavy atom. The van der Waals surface area contributed by atoms with Crippen LogP contribution in [0.3, 0.4) is 0 Å². The van der Waals surface area contributed by atoms with E-state index in [2.05, 4.69) is 31.3 Å². The van der Waals surface area contributed by atoms with E-state index in [-0.39, 0.29) is 10.8 Å². The summed E-state index contributed by atoms with van der Waals surface area (Å²) in [6, 6.07) is 13.3. The first-order chi connectivity index (χ1) is 9.61. The summed E-state index contributed by atoms with van der Waals surface area (Å²) in [5.41, 5.74) is 2.88. The molecule has 1 N–H and O–H groups in total. The lowest BCUT2D eigenvalue weighted by Gasteiger charge is -2.11. The predicted molar refractivity (Wildman–Crippen MR) is 83.9 cm³/mol. The molecular weight excluding hydrogens is 273 g/mol. The smallest absolute Gasteiger partial charge is 0.146 e. The Kier molecular flexibility index (Phi) is 5.02. The van der Waals surface area contributed by atoms with Crippen LogP contribution in [0.15, 0.2) is 42.5 Å². The van der Waals surface area contributed by atoms with Gasteiger partial charge in [-0.1, -0.05) is 49.7 Å². The fourth-order valence-electron chi connectivity index (χ4n) is 2.05. The maximum atomic E-state index is 13.7. The quantitative estimate of drug-likeness (QED) is 0.755. The molecule has 0 radical (unpaired) electrons. The van der Waals surface area contributed by atoms with Gasteiger partial charge in [-0.2, -0.15) is 0 Å². The minimum atomic E-state index is -0.349. The topological polar surface area (TPSA) is 12.0 Å². The van der Waals surface area contributed by atoms with E-state index in [1.165, 1.54) is 5.56 Å². The third kappa shape index (κ3) is 3.51. The highest BCUT2D eigenvalue weighted by Crippen LogP contribution is 2.22. The molecule has 0 fully saturated rings. The first kappa shape index (κ1) is 14.9. The summed E-state index contributed by atoms with van der Waals surface area (Å²) in [6.45, 7) is 4.82. The van der Waals surface area contributed by atoms with Gasteiger partial charge in [0.05, 0.1) is 5.02 Å². The molecule has 0 aliphatic heterocycles. The highest BCUT2D eigenvalue weighted by Gasteiger charge is 2.06. The number of hydrogen-bond acceptors (Lipinski definition) is 1. The monoisotopic (exact) mass is 291 g/mol. The van der Waals surface area contributed by atoms with Crippen molar-refractivity contribution in [3.05, 3.63) is 64.4 Å². The van der Waals surface area contributed by atoms with Crippen molar-refractivity contribution in [3.8, 4) is 0 Å². The molecular formula is C17H19ClFN. The second kappa shape index (κ2) is 6.76. The lowest BCUT2D eigenvalue weighted by Crippen LogP contribution is -2.02. The molecule has 0 aromatic heterocycles. The summed E-state index contributed by atoms with van der Waals surface area (Å²) < 4.78 is 13.7. The van der Waals surface area contributed by atoms with Gasteiger partial charge in [0, 0.05) is 17.8 Å². The van der Waals surface area contributed by atoms with E-state index >= 15 is 0 Å². The van der Waals surface area contributed by atoms with Crippen LogP contribution in [0.2, 0.25) is 5.02 Å². The Bertz CT molecular complexity index is 566. The van der Waals surface area contributed by atoms with Gasteiger partial charge in [-0.05, 0) is 36.1 Å². The van der Waals surface area contributed by atoms with Crippen molar-refractivity contribution >= 4 is 17.3 Å². The third-order valence-electron chi connectivity index (χ3n) is 3.61. The summed E-state index contributed by atoms with van der Waals surface area (Å²) >= 11 is 5.76. The molecule has 1 unspecified atom stereocenters. The first-order valence-electron chi connectivity index (χ1n) is 6.88. The molecule has 2 aromatic carbocycles. The fraction of sp³-hybridized carbons (Fsp3) is 0.294. The molecule has 1 nitrogen and oxygen atoms in total. The molecule has 0 saturated heterocycles. The number of hydrogen-bond donors (Lipinski definition) is 1. The second-order valence-electron chi connectivity index (χ2n) is 5.00. The largest absolute Gasteiger partial charge is 0.381 e. The Labute approximate surface area is 124 Å². The fourth-order valence-corrected chi connectivity index (χ4v) is 2.24. The minimum absolute atomic E-state index is 0.163. The SMILES string of the molecule is CCC(C)c1ccc(NCc2cccc(Cl)c2F)cc1. The molecule has 0 spiro atoms. The average Bonchev–Trinajstić information content (AvgIpc) is 2.48. The van der Waals surface area contributed by atoms with Crippen LogP contribution in [0.1, 0.15) is 37.3 Å². The highest BCUT2D eigenvalue weighted by atomic mass is 35.5. The van der Waals surface area contributed by atoms with Crippen LogP contribution in [0.25, 0.3) is 0 Å². The van der Waals surface area contributed by atoms with Crippen LogP contribution in [0, 0.1) is 5.82 Å². The van der Waals surface area contributed by atoms with E-state index in [0.29, 0.717) is 18.0 Å². The van der Waals surface area contributed by atoms with Crippen LogP contribution in [-0.2, 0) is 6.54 Å². The number of benzene rings is 2. The lowest BCUT2D eigenvalue weighted by atomic mass is 9.99. The zero-order chi connectivity index (χ0) is 14.5. The summed E-state index contributed by atoms with van der Waals surface area (Å²) in [5.74, 6) is 0.215. The van der Waals surface area contributed by atoms with Crippen molar-refractivity contribution < 1.29 is 4.39 Å². The second-order valence-corrected chi connectivity index (χ2v) is 5.40. The standard InChI is InChI=1S/C17H19ClFN/c1-3-12(2)13-7-9-15(10-8-13)20-11-14-5-4-6-16(18)17(14)19/h4-10,12,20H,3,11H2,1-2H3. The van der Waals surface area contributed by atoms with Gasteiger partial charge in [0.1, 0.15) is 5.82 Å². The number of nitrogens with one attached hydrogen (secondary N) is 1. The maximum Gasteiger partial charge on any atom is 0.146 e. The Balaban J connectivity index is 2.02. The Morgan fingerprint density at radius 1 is 1.15 bits per heavy atom. The molecule has 3 heteroatoms. The summed E-state index contributed by atoms with van der Waals surface area (Å²) in [6.07, 6.45) is 1.13. The summed E-state index contributed by atoms with van der Waals surface area (Å²) in [5, 5.41) is 3.38. The van der Waals surface area contributed by atoms with Crippen molar-refractivity contribution in [1.82, 2.24) is 0 Å². The Hall–Kier alpha value is -1.54. The maximum absolute atomic E-state index is 13.7. The molecule has 0 aliphatic carbocycles. The van der Waals surface area contributed by atoms with Crippen LogP contribution in [-0.4, -0.2) is 0 Å². The van der Waals surface area contributed by atoms with E-state index < -0.39 is 0 Å². The van der Waals surface area contributed by atoms with Crippen molar-refractivity contribution in [2.45, 2.75) is 32.7 Å². The van der Waals surface area contributed by atoms with Crippen molar-refractivity contribution in [3.63, 3.8) is 0 Å². The normalized spacial score (nSPS) is 12.2. The molecule has 0 heterocycles. The van der Waals surface area contributed by atoms with Crippen LogP contribution in [0.5, 0.6) is 0 Å². The molecule has 0 bridgehead atoms. The molecule has 0 aliphatic rings. The van der Waals surface area contributed by atoms with E-state index in [1.807, 2.05) is 12.1 Å². The van der Waals surface area contributed by atoms with Gasteiger partial charge >= 0.3 is 0 Å². The molecule has 2 aromatic rings. The highest BCUT2D eigenvalue weighted by molar-refractivity contribution is 6.30. The third-order valence-corrected chi connectivity index (χ3v) is 3.90. The van der Waals surface area contributed by atoms with Gasteiger partial charge < -0.3 is 5.32 Å². The Morgan fingerprint density at radius 2 is 1.85 bits per heavy atom. The van der Waals surface area contributed by atoms with Crippen LogP contribution in [0.4, 0.5) is 10.1 Å². The lowest BCUT2D eigenvalue weighted by molar-refractivity contribution is 0.613. The van der Waals surface area contributed by atoms with Gasteiger partial charge in [-0.3, -0.25) is 0 Å². The van der Waals surface area contributed by atoms with Gasteiger partial charge in [0.15, 0.2) is 0 Å². The zero-order valence-corrected chi connectivity index (χ0v) is 12.5. The number of anilines is 1. The summed E-state index contributed by atoms with van der Waals surface area (Å²) in [7, 11) is 0. The molecule has 0 amide bonds. The molecule has 20 heavy (non-hydrogen) atoms. The van der Waals surface area contributed by atoms with Crippen molar-refractivity contribution in [1.29, 1.82) is 0 Å². The van der Waals surface area contributed by atoms with E-state index in [9.17, 15) is 4.39 Å². The number of halogens is 2. The molecule has 1 atom stereocenters. The van der Waals surface area contributed by atoms with Gasteiger partial charge in [0.25, 0.3) is 0 Å². The van der Waals surface area contributed by atoms with E-state index in [0.717, 1.165) is 12.1 Å². The number of rotatable bonds is 5. The minimum Gasteiger partial charge on any atom is -0.381 e. The molecule has 106 valence electrons. The molecule has 2 rings (SSSR count). The zero-order valence-electron chi connectivity index (χ0n) is 11.8. The van der Waals surface area contributed by atoms with Crippen molar-refractivity contribution in [2.24, 2.45) is 0 Å². The van der Waals surface area contributed by atoms with Crippen LogP contribution >= 0.6 is 11.6 Å². The van der Waals surface area contributed by atoms with Crippen LogP contribution < -0.4 is 5.32 Å². The van der Waals surface area contributed by atoms with Gasteiger partial charge in [0.2, 0.25) is 0 Å². The average molecular weight is 292 g/mol. The van der Waals surface area contributed by atoms with E-state index in [4.69, 9.17) is 11.6 Å².